The minimum absolute atomic E-state index is 0.0262. The van der Waals surface area contributed by atoms with Crippen molar-refractivity contribution in [2.75, 3.05) is 26.2 Å². The number of amides is 4. The molecule has 0 radical (unpaired) electrons. The Labute approximate surface area is 228 Å². The summed E-state index contributed by atoms with van der Waals surface area (Å²) in [5, 5.41) is 10.1. The van der Waals surface area contributed by atoms with Crippen LogP contribution in [-0.2, 0) is 24.0 Å². The van der Waals surface area contributed by atoms with Crippen molar-refractivity contribution in [1.82, 2.24) is 21.3 Å². The number of hydrogen-bond acceptors (Lipinski definition) is 8. The lowest BCUT2D eigenvalue weighted by atomic mass is 10.0. The zero-order chi connectivity index (χ0) is 30.0. The van der Waals surface area contributed by atoms with Gasteiger partial charge in [-0.05, 0) is 44.9 Å². The molecule has 0 saturated carbocycles. The van der Waals surface area contributed by atoms with Crippen molar-refractivity contribution in [3.05, 3.63) is 0 Å². The molecular formula is C23H45N11O5. The molecule has 0 aliphatic rings. The van der Waals surface area contributed by atoms with E-state index in [1.165, 1.54) is 6.92 Å². The van der Waals surface area contributed by atoms with Crippen LogP contribution in [0.2, 0.25) is 0 Å². The van der Waals surface area contributed by atoms with Crippen LogP contribution in [0.25, 0.3) is 0 Å². The van der Waals surface area contributed by atoms with E-state index < -0.39 is 48.3 Å². The van der Waals surface area contributed by atoms with Crippen molar-refractivity contribution in [3.63, 3.8) is 0 Å². The highest BCUT2D eigenvalue weighted by atomic mass is 16.2. The van der Waals surface area contributed by atoms with E-state index in [1.807, 2.05) is 13.8 Å². The molecule has 0 heterocycles. The number of nitrogens with zero attached hydrogens (tertiary/aromatic N) is 2. The number of hydrogen-bond donors (Lipinski definition) is 9. The average Bonchev–Trinajstić information content (AvgIpc) is 2.84. The third kappa shape index (κ3) is 18.0. The fourth-order valence-electron chi connectivity index (χ4n) is 3.25. The Morgan fingerprint density at radius 2 is 1.26 bits per heavy atom. The molecule has 0 rings (SSSR count). The molecule has 0 fully saturated rings. The summed E-state index contributed by atoms with van der Waals surface area (Å²) in [4.78, 5) is 69.3. The maximum Gasteiger partial charge on any atom is 0.243 e. The normalized spacial score (nSPS) is 12.8. The topological polar surface area (TPSA) is 288 Å². The van der Waals surface area contributed by atoms with Crippen molar-refractivity contribution >= 4 is 41.3 Å². The molecule has 222 valence electrons. The van der Waals surface area contributed by atoms with Crippen LogP contribution in [0.4, 0.5) is 0 Å². The Hall–Kier alpha value is -3.95. The largest absolute Gasteiger partial charge is 0.370 e. The van der Waals surface area contributed by atoms with Crippen LogP contribution in [0, 0.1) is 5.92 Å². The first-order valence-corrected chi connectivity index (χ1v) is 12.7. The lowest BCUT2D eigenvalue weighted by Gasteiger charge is -2.25. The van der Waals surface area contributed by atoms with Gasteiger partial charge in [-0.25, -0.2) is 0 Å². The van der Waals surface area contributed by atoms with Gasteiger partial charge in [0, 0.05) is 13.1 Å². The molecule has 0 unspecified atom stereocenters. The number of aliphatic imine (C=N–C) groups is 2. The lowest BCUT2D eigenvalue weighted by Crippen LogP contribution is -2.56. The van der Waals surface area contributed by atoms with E-state index in [2.05, 4.69) is 31.3 Å². The van der Waals surface area contributed by atoms with Gasteiger partial charge in [0.05, 0.1) is 19.1 Å². The van der Waals surface area contributed by atoms with Gasteiger partial charge in [0.25, 0.3) is 0 Å². The Kier molecular flexibility index (Phi) is 17.2. The second-order valence-electron chi connectivity index (χ2n) is 9.45. The Morgan fingerprint density at radius 3 is 1.77 bits per heavy atom. The molecule has 4 amide bonds. The highest BCUT2D eigenvalue weighted by Gasteiger charge is 2.28. The van der Waals surface area contributed by atoms with E-state index >= 15 is 0 Å². The maximum atomic E-state index is 13.2. The molecule has 0 bridgehead atoms. The monoisotopic (exact) mass is 555 g/mol. The van der Waals surface area contributed by atoms with Gasteiger partial charge >= 0.3 is 0 Å². The Balaban J connectivity index is 5.35. The summed E-state index contributed by atoms with van der Waals surface area (Å²) >= 11 is 0. The van der Waals surface area contributed by atoms with Crippen molar-refractivity contribution in [1.29, 1.82) is 0 Å². The fourth-order valence-corrected chi connectivity index (χ4v) is 3.25. The maximum absolute atomic E-state index is 13.2. The van der Waals surface area contributed by atoms with E-state index in [1.54, 1.807) is 0 Å². The standard InChI is InChI=1S/C23H45N11O5/c1-13(2)10-17(34-19(37)15(24)6-4-8-29-22(25)26)21(39)33-16(7-5-9-30-23(27)28)20(38)32-12-18(36)31-11-14(3)35/h13,15-17H,4-12,24H2,1-3H3,(H,31,36)(H,32,38)(H,33,39)(H,34,37)(H4,25,26,29)(H4,27,28,30)/t15-,16-,17+/m0/s1. The van der Waals surface area contributed by atoms with Gasteiger partial charge in [-0.1, -0.05) is 13.8 Å². The number of nitrogens with two attached hydrogens (primary N) is 5. The summed E-state index contributed by atoms with van der Waals surface area (Å²) in [6, 6.07) is -2.91. The van der Waals surface area contributed by atoms with Gasteiger partial charge in [-0.3, -0.25) is 34.0 Å². The van der Waals surface area contributed by atoms with Crippen LogP contribution in [0.15, 0.2) is 9.98 Å². The first kappa shape index (κ1) is 35.0. The Bertz CT molecular complexity index is 884. The molecule has 0 aliphatic carbocycles. The first-order chi connectivity index (χ1) is 18.2. The summed E-state index contributed by atoms with van der Waals surface area (Å²) in [5.74, 6) is -2.71. The van der Waals surface area contributed by atoms with Gasteiger partial charge < -0.3 is 49.9 Å². The number of nitrogens with one attached hydrogen (secondary N) is 4. The summed E-state index contributed by atoms with van der Waals surface area (Å²) in [6.07, 6.45) is 1.53. The van der Waals surface area contributed by atoms with Crippen molar-refractivity contribution in [2.45, 2.75) is 71.0 Å². The van der Waals surface area contributed by atoms with Crippen LogP contribution in [0.3, 0.4) is 0 Å². The molecule has 0 aromatic rings. The molecule has 3 atom stereocenters. The molecule has 0 saturated heterocycles. The summed E-state index contributed by atoms with van der Waals surface area (Å²) in [7, 11) is 0. The number of Topliss-reactive ketones (excluding diaryl/α,β-unsaturated/α-hetero) is 1. The van der Waals surface area contributed by atoms with E-state index in [0.29, 0.717) is 25.8 Å². The number of rotatable bonds is 19. The molecule has 39 heavy (non-hydrogen) atoms. The van der Waals surface area contributed by atoms with Gasteiger partial charge in [-0.15, -0.1) is 0 Å². The summed E-state index contributed by atoms with van der Waals surface area (Å²) in [6.45, 7) is 5.02. The second kappa shape index (κ2) is 19.2. The number of guanidine groups is 2. The number of ketones is 1. The van der Waals surface area contributed by atoms with E-state index in [9.17, 15) is 24.0 Å². The van der Waals surface area contributed by atoms with Crippen molar-refractivity contribution in [2.24, 2.45) is 44.6 Å². The predicted octanol–water partition coefficient (Wildman–Crippen LogP) is -3.74. The SMILES string of the molecule is CC(=O)CNC(=O)CNC(=O)[C@H](CCCN=C(N)N)NC(=O)[C@@H](CC(C)C)NC(=O)[C@@H](N)CCCN=C(N)N. The smallest absolute Gasteiger partial charge is 0.243 e. The van der Waals surface area contributed by atoms with E-state index in [0.717, 1.165) is 0 Å². The van der Waals surface area contributed by atoms with Gasteiger partial charge in [-0.2, -0.15) is 0 Å². The van der Waals surface area contributed by atoms with Crippen LogP contribution >= 0.6 is 0 Å². The van der Waals surface area contributed by atoms with Crippen molar-refractivity contribution in [3.8, 4) is 0 Å². The molecule has 0 aromatic heterocycles. The van der Waals surface area contributed by atoms with Crippen LogP contribution < -0.4 is 49.9 Å². The molecule has 16 nitrogen and oxygen atoms in total. The number of carbonyl (C=O) groups is 5. The van der Waals surface area contributed by atoms with E-state index in [4.69, 9.17) is 28.7 Å². The predicted molar refractivity (Wildman–Crippen MR) is 148 cm³/mol. The molecule has 0 aromatic carbocycles. The second-order valence-corrected chi connectivity index (χ2v) is 9.45. The minimum atomic E-state index is -1.05. The molecule has 14 N–H and O–H groups in total. The van der Waals surface area contributed by atoms with Gasteiger partial charge in [0.15, 0.2) is 11.9 Å². The summed E-state index contributed by atoms with van der Waals surface area (Å²) < 4.78 is 0. The molecule has 16 heteroatoms. The highest BCUT2D eigenvalue weighted by Crippen LogP contribution is 2.08. The quantitative estimate of drug-likeness (QED) is 0.0426. The zero-order valence-electron chi connectivity index (χ0n) is 23.0. The van der Waals surface area contributed by atoms with Gasteiger partial charge in [0.2, 0.25) is 23.6 Å². The zero-order valence-corrected chi connectivity index (χ0v) is 23.0. The van der Waals surface area contributed by atoms with Crippen LogP contribution in [0.5, 0.6) is 0 Å². The van der Waals surface area contributed by atoms with Crippen molar-refractivity contribution < 1.29 is 24.0 Å². The minimum Gasteiger partial charge on any atom is -0.370 e. The van der Waals surface area contributed by atoms with Crippen LogP contribution in [0.1, 0.15) is 52.9 Å². The highest BCUT2D eigenvalue weighted by molar-refractivity contribution is 5.94. The van der Waals surface area contributed by atoms with E-state index in [-0.39, 0.29) is 49.6 Å². The van der Waals surface area contributed by atoms with Crippen LogP contribution in [-0.4, -0.2) is 85.6 Å². The molecule has 0 spiro atoms. The summed E-state index contributed by atoms with van der Waals surface area (Å²) in [5.41, 5.74) is 27.2. The third-order valence-electron chi connectivity index (χ3n) is 5.18. The molecule has 0 aliphatic heterocycles. The number of carbonyl (C=O) groups excluding carboxylic acids is 5. The van der Waals surface area contributed by atoms with Gasteiger partial charge in [0.1, 0.15) is 17.9 Å². The lowest BCUT2D eigenvalue weighted by molar-refractivity contribution is -0.133. The molecular weight excluding hydrogens is 510 g/mol. The fraction of sp³-hybridized carbons (Fsp3) is 0.696. The average molecular weight is 556 g/mol. The Morgan fingerprint density at radius 1 is 0.718 bits per heavy atom. The third-order valence-corrected chi connectivity index (χ3v) is 5.18. The first-order valence-electron chi connectivity index (χ1n) is 12.7.